The molecular formula is C27H33N3O2. The Hall–Kier alpha value is -2.66. The number of amides is 2. The molecule has 2 bridgehead atoms. The number of rotatable bonds is 5. The fourth-order valence-electron chi connectivity index (χ4n) is 6.82. The Kier molecular flexibility index (Phi) is 5.54. The number of hydrogen-bond acceptors (Lipinski definition) is 3. The van der Waals surface area contributed by atoms with Crippen LogP contribution in [-0.2, 0) is 11.2 Å². The molecule has 168 valence electrons. The summed E-state index contributed by atoms with van der Waals surface area (Å²) < 4.78 is 0. The Bertz CT molecular complexity index is 979. The van der Waals surface area contributed by atoms with E-state index in [0.29, 0.717) is 17.6 Å². The van der Waals surface area contributed by atoms with E-state index in [1.54, 1.807) is 12.1 Å². The van der Waals surface area contributed by atoms with Crippen molar-refractivity contribution in [2.24, 2.45) is 5.41 Å². The SMILES string of the molecule is CN1[C@H]2CCC[C@H]3N(C(=O)CNC(=O)c4ccccc4)[C@@H](Cc4ccccc4)[C@@H]1C[C@@]23C. The molecule has 5 rings (SSSR count). The monoisotopic (exact) mass is 431 g/mol. The number of fused-ring (bicyclic) bond motifs is 1. The summed E-state index contributed by atoms with van der Waals surface area (Å²) in [5, 5.41) is 2.88. The first-order valence-corrected chi connectivity index (χ1v) is 11.9. The zero-order chi connectivity index (χ0) is 22.3. The Morgan fingerprint density at radius 2 is 1.66 bits per heavy atom. The smallest absolute Gasteiger partial charge is 0.251 e. The van der Waals surface area contributed by atoms with Crippen molar-refractivity contribution in [3.05, 3.63) is 71.8 Å². The predicted molar refractivity (Wildman–Crippen MR) is 125 cm³/mol. The molecule has 0 spiro atoms. The molecule has 1 saturated carbocycles. The van der Waals surface area contributed by atoms with Crippen molar-refractivity contribution in [2.75, 3.05) is 13.6 Å². The van der Waals surface area contributed by atoms with Crippen LogP contribution in [0.5, 0.6) is 0 Å². The van der Waals surface area contributed by atoms with Crippen LogP contribution in [-0.4, -0.2) is 59.4 Å². The highest BCUT2D eigenvalue weighted by atomic mass is 16.2. The van der Waals surface area contributed by atoms with Crippen LogP contribution < -0.4 is 5.32 Å². The molecule has 0 unspecified atom stereocenters. The van der Waals surface area contributed by atoms with Crippen LogP contribution in [0.4, 0.5) is 0 Å². The van der Waals surface area contributed by atoms with Crippen molar-refractivity contribution in [3.8, 4) is 0 Å². The van der Waals surface area contributed by atoms with Gasteiger partial charge >= 0.3 is 0 Å². The molecule has 3 aliphatic rings. The second kappa shape index (κ2) is 8.36. The van der Waals surface area contributed by atoms with Gasteiger partial charge in [0.1, 0.15) is 0 Å². The Morgan fingerprint density at radius 1 is 1.00 bits per heavy atom. The summed E-state index contributed by atoms with van der Waals surface area (Å²) >= 11 is 0. The van der Waals surface area contributed by atoms with E-state index in [2.05, 4.69) is 53.4 Å². The first-order chi connectivity index (χ1) is 15.5. The van der Waals surface area contributed by atoms with Gasteiger partial charge in [-0.1, -0.05) is 55.5 Å². The summed E-state index contributed by atoms with van der Waals surface area (Å²) in [5.41, 5.74) is 1.98. The van der Waals surface area contributed by atoms with Crippen molar-refractivity contribution in [1.29, 1.82) is 0 Å². The lowest BCUT2D eigenvalue weighted by Gasteiger charge is -2.53. The van der Waals surface area contributed by atoms with Gasteiger partial charge < -0.3 is 10.2 Å². The summed E-state index contributed by atoms with van der Waals surface area (Å²) in [5.74, 6) is -0.143. The largest absolute Gasteiger partial charge is 0.343 e. The number of nitrogens with one attached hydrogen (secondary N) is 1. The van der Waals surface area contributed by atoms with E-state index in [0.717, 1.165) is 25.7 Å². The third-order valence-electron chi connectivity index (χ3n) is 8.29. The van der Waals surface area contributed by atoms with Crippen LogP contribution in [0.15, 0.2) is 60.7 Å². The minimum absolute atomic E-state index is 0.0482. The summed E-state index contributed by atoms with van der Waals surface area (Å²) in [7, 11) is 2.26. The molecule has 1 N–H and O–H groups in total. The molecule has 2 heterocycles. The molecule has 32 heavy (non-hydrogen) atoms. The highest BCUT2D eigenvalue weighted by molar-refractivity contribution is 5.96. The number of carbonyl (C=O) groups is 2. The third-order valence-corrected chi connectivity index (χ3v) is 8.29. The molecule has 0 radical (unpaired) electrons. The number of likely N-dealkylation sites (tertiary alicyclic amines) is 2. The molecule has 5 nitrogen and oxygen atoms in total. The van der Waals surface area contributed by atoms with Gasteiger partial charge in [-0.05, 0) is 56.8 Å². The Morgan fingerprint density at radius 3 is 2.38 bits per heavy atom. The van der Waals surface area contributed by atoms with E-state index in [4.69, 9.17) is 0 Å². The van der Waals surface area contributed by atoms with Crippen molar-refractivity contribution < 1.29 is 9.59 Å². The summed E-state index contributed by atoms with van der Waals surface area (Å²) in [6, 6.07) is 20.9. The molecule has 2 saturated heterocycles. The number of piperidine rings is 1. The summed E-state index contributed by atoms with van der Waals surface area (Å²) in [4.78, 5) is 31.0. The van der Waals surface area contributed by atoms with E-state index in [-0.39, 0.29) is 35.9 Å². The normalized spacial score (nSPS) is 31.4. The average Bonchev–Trinajstić information content (AvgIpc) is 3.09. The maximum Gasteiger partial charge on any atom is 0.251 e. The molecule has 3 fully saturated rings. The average molecular weight is 432 g/mol. The van der Waals surface area contributed by atoms with E-state index in [9.17, 15) is 9.59 Å². The van der Waals surface area contributed by atoms with Crippen LogP contribution in [0.25, 0.3) is 0 Å². The van der Waals surface area contributed by atoms with Crippen LogP contribution in [0, 0.1) is 5.41 Å². The van der Waals surface area contributed by atoms with Crippen molar-refractivity contribution in [1.82, 2.24) is 15.1 Å². The molecular weight excluding hydrogens is 398 g/mol. The Labute approximate surface area is 190 Å². The first kappa shape index (κ1) is 21.2. The highest BCUT2D eigenvalue weighted by Crippen LogP contribution is 2.55. The van der Waals surface area contributed by atoms with Gasteiger partial charge in [-0.2, -0.15) is 0 Å². The number of nitrogens with zero attached hydrogens (tertiary/aromatic N) is 2. The molecule has 2 aromatic rings. The van der Waals surface area contributed by atoms with Gasteiger partial charge in [0, 0.05) is 29.1 Å². The zero-order valence-corrected chi connectivity index (χ0v) is 19.0. The molecule has 0 aromatic heterocycles. The molecule has 5 atom stereocenters. The maximum absolute atomic E-state index is 13.7. The van der Waals surface area contributed by atoms with Gasteiger partial charge in [0.25, 0.3) is 5.91 Å². The topological polar surface area (TPSA) is 52.6 Å². The lowest BCUT2D eigenvalue weighted by atomic mass is 9.64. The number of carbonyl (C=O) groups excluding carboxylic acids is 2. The summed E-state index contributed by atoms with van der Waals surface area (Å²) in [6.07, 6.45) is 5.42. The standard InChI is InChI=1S/C27H33N3O2/c1-27-17-22-21(16-19-10-5-3-6-11-19)30(24(27)15-9-14-23(27)29(22)2)25(31)18-28-26(32)20-12-7-4-8-13-20/h3-8,10-13,21-24H,9,14-18H2,1-2H3,(H,28,32)/t21-,22-,23-,24+,27-/m0/s1. The van der Waals surface area contributed by atoms with Gasteiger partial charge in [0.2, 0.25) is 5.91 Å². The van der Waals surface area contributed by atoms with E-state index >= 15 is 0 Å². The van der Waals surface area contributed by atoms with Gasteiger partial charge in [0.05, 0.1) is 12.6 Å². The summed E-state index contributed by atoms with van der Waals surface area (Å²) in [6.45, 7) is 2.44. The second-order valence-corrected chi connectivity index (χ2v) is 10.0. The van der Waals surface area contributed by atoms with Crippen LogP contribution in [0.2, 0.25) is 0 Å². The van der Waals surface area contributed by atoms with E-state index < -0.39 is 0 Å². The minimum Gasteiger partial charge on any atom is -0.343 e. The zero-order valence-electron chi connectivity index (χ0n) is 19.0. The van der Waals surface area contributed by atoms with E-state index in [1.807, 2.05) is 24.3 Å². The number of benzene rings is 2. The minimum atomic E-state index is -0.191. The fraction of sp³-hybridized carbons (Fsp3) is 0.481. The van der Waals surface area contributed by atoms with Crippen molar-refractivity contribution in [2.45, 2.75) is 63.2 Å². The molecule has 2 aromatic carbocycles. The molecule has 2 aliphatic heterocycles. The van der Waals surface area contributed by atoms with Gasteiger partial charge in [0.15, 0.2) is 0 Å². The quantitative estimate of drug-likeness (QED) is 0.788. The van der Waals surface area contributed by atoms with Gasteiger partial charge in [-0.15, -0.1) is 0 Å². The Balaban J connectivity index is 1.41. The fourth-order valence-corrected chi connectivity index (χ4v) is 6.82. The lowest BCUT2D eigenvalue weighted by Crippen LogP contribution is -2.63. The number of likely N-dealkylation sites (N-methyl/N-ethyl adjacent to an activating group) is 1. The third kappa shape index (κ3) is 3.53. The van der Waals surface area contributed by atoms with Crippen LogP contribution in [0.1, 0.15) is 48.5 Å². The number of hydrogen-bond donors (Lipinski definition) is 1. The molecule has 5 heteroatoms. The van der Waals surface area contributed by atoms with Crippen molar-refractivity contribution >= 4 is 11.8 Å². The van der Waals surface area contributed by atoms with Gasteiger partial charge in [-0.25, -0.2) is 0 Å². The predicted octanol–water partition coefficient (Wildman–Crippen LogP) is 3.50. The maximum atomic E-state index is 13.7. The van der Waals surface area contributed by atoms with Gasteiger partial charge in [-0.3, -0.25) is 14.5 Å². The van der Waals surface area contributed by atoms with Crippen LogP contribution in [0.3, 0.4) is 0 Å². The highest BCUT2D eigenvalue weighted by Gasteiger charge is 2.62. The lowest BCUT2D eigenvalue weighted by molar-refractivity contribution is -0.143. The van der Waals surface area contributed by atoms with Crippen LogP contribution >= 0.6 is 0 Å². The first-order valence-electron chi connectivity index (χ1n) is 11.9. The second-order valence-electron chi connectivity index (χ2n) is 10.0. The van der Waals surface area contributed by atoms with E-state index in [1.165, 1.54) is 12.0 Å². The van der Waals surface area contributed by atoms with Crippen molar-refractivity contribution in [3.63, 3.8) is 0 Å². The molecule has 2 amide bonds. The molecule has 1 aliphatic carbocycles.